The molecule has 0 bridgehead atoms. The monoisotopic (exact) mass is 402 g/mol. The maximum Gasteiger partial charge on any atom is 0.223 e. The summed E-state index contributed by atoms with van der Waals surface area (Å²) >= 11 is 3.47. The van der Waals surface area contributed by atoms with E-state index in [1.54, 1.807) is 6.08 Å². The van der Waals surface area contributed by atoms with Crippen molar-refractivity contribution in [3.63, 3.8) is 0 Å². The molecule has 0 radical (unpaired) electrons. The van der Waals surface area contributed by atoms with E-state index < -0.39 is 0 Å². The second-order valence-corrected chi connectivity index (χ2v) is 7.19. The third-order valence-electron chi connectivity index (χ3n) is 4.24. The highest BCUT2D eigenvalue weighted by atomic mass is 79.9. The molecule has 0 N–H and O–H groups in total. The van der Waals surface area contributed by atoms with Crippen LogP contribution in [0.5, 0.6) is 0 Å². The molecule has 1 heterocycles. The van der Waals surface area contributed by atoms with Crippen molar-refractivity contribution in [2.75, 3.05) is 6.54 Å². The standard InChI is InChI=1S/C21H27BrN2O/c1-3-5-6-9-21(25)24(14-4-2)17-20-8-7-15-23(20)16-18-10-12-19(22)13-11-18/h4,7-8,10-13,15H,2-3,5-6,9,14,16-17H2,1H3. The Kier molecular flexibility index (Phi) is 7.99. The zero-order valence-electron chi connectivity index (χ0n) is 15.0. The third kappa shape index (κ3) is 6.20. The van der Waals surface area contributed by atoms with Crippen molar-refractivity contribution < 1.29 is 4.79 Å². The van der Waals surface area contributed by atoms with E-state index in [9.17, 15) is 4.79 Å². The van der Waals surface area contributed by atoms with Crippen LogP contribution < -0.4 is 0 Å². The Morgan fingerprint density at radius 1 is 1.24 bits per heavy atom. The summed E-state index contributed by atoms with van der Waals surface area (Å²) in [6.45, 7) is 7.98. The number of benzene rings is 1. The number of aromatic nitrogens is 1. The van der Waals surface area contributed by atoms with Crippen LogP contribution in [-0.2, 0) is 17.9 Å². The van der Waals surface area contributed by atoms with E-state index in [1.165, 1.54) is 5.56 Å². The Labute approximate surface area is 159 Å². The van der Waals surface area contributed by atoms with Gasteiger partial charge in [-0.05, 0) is 36.2 Å². The molecule has 2 rings (SSSR count). The number of rotatable bonds is 10. The van der Waals surface area contributed by atoms with Crippen molar-refractivity contribution in [2.45, 2.75) is 45.7 Å². The summed E-state index contributed by atoms with van der Waals surface area (Å²) in [5, 5.41) is 0. The van der Waals surface area contributed by atoms with Crippen molar-refractivity contribution in [1.29, 1.82) is 0 Å². The number of hydrogen-bond donors (Lipinski definition) is 0. The molecule has 1 amide bonds. The van der Waals surface area contributed by atoms with Crippen LogP contribution >= 0.6 is 15.9 Å². The first-order valence-corrected chi connectivity index (χ1v) is 9.70. The molecule has 0 saturated carbocycles. The maximum absolute atomic E-state index is 12.5. The number of amides is 1. The van der Waals surface area contributed by atoms with Crippen LogP contribution in [0.15, 0.2) is 59.7 Å². The second kappa shape index (κ2) is 10.2. The molecule has 0 spiro atoms. The molecule has 25 heavy (non-hydrogen) atoms. The molecule has 1 aromatic heterocycles. The van der Waals surface area contributed by atoms with Crippen molar-refractivity contribution in [3.05, 3.63) is 71.0 Å². The van der Waals surface area contributed by atoms with E-state index in [0.717, 1.165) is 36.0 Å². The number of hydrogen-bond acceptors (Lipinski definition) is 1. The number of carbonyl (C=O) groups is 1. The molecule has 0 atom stereocenters. The Hall–Kier alpha value is -1.81. The normalized spacial score (nSPS) is 10.6. The maximum atomic E-state index is 12.5. The summed E-state index contributed by atoms with van der Waals surface area (Å²) in [5.41, 5.74) is 2.39. The fourth-order valence-corrected chi connectivity index (χ4v) is 3.09. The highest BCUT2D eigenvalue weighted by molar-refractivity contribution is 9.10. The Balaban J connectivity index is 2.04. The summed E-state index contributed by atoms with van der Waals surface area (Å²) in [6.07, 6.45) is 7.70. The summed E-state index contributed by atoms with van der Waals surface area (Å²) in [6, 6.07) is 12.5. The number of halogens is 1. The predicted octanol–water partition coefficient (Wildman–Crippen LogP) is 5.39. The van der Waals surface area contributed by atoms with Gasteiger partial charge in [0.25, 0.3) is 0 Å². The third-order valence-corrected chi connectivity index (χ3v) is 4.77. The van der Waals surface area contributed by atoms with Crippen LogP contribution in [0, 0.1) is 0 Å². The first kappa shape index (κ1) is 19.5. The quantitative estimate of drug-likeness (QED) is 0.386. The lowest BCUT2D eigenvalue weighted by Crippen LogP contribution is -2.31. The fourth-order valence-electron chi connectivity index (χ4n) is 2.82. The van der Waals surface area contributed by atoms with Gasteiger partial charge in [0.05, 0.1) is 6.54 Å². The zero-order valence-corrected chi connectivity index (χ0v) is 16.5. The highest BCUT2D eigenvalue weighted by Crippen LogP contribution is 2.15. The van der Waals surface area contributed by atoms with Crippen LogP contribution in [-0.4, -0.2) is 21.9 Å². The first-order chi connectivity index (χ1) is 12.1. The van der Waals surface area contributed by atoms with Crippen molar-refractivity contribution in [2.24, 2.45) is 0 Å². The number of nitrogens with zero attached hydrogens (tertiary/aromatic N) is 2. The summed E-state index contributed by atoms with van der Waals surface area (Å²) in [7, 11) is 0. The lowest BCUT2D eigenvalue weighted by molar-refractivity contribution is -0.131. The molecule has 0 aliphatic heterocycles. The van der Waals surface area contributed by atoms with E-state index >= 15 is 0 Å². The molecule has 3 nitrogen and oxygen atoms in total. The topological polar surface area (TPSA) is 25.2 Å². The smallest absolute Gasteiger partial charge is 0.223 e. The van der Waals surface area contributed by atoms with Gasteiger partial charge >= 0.3 is 0 Å². The summed E-state index contributed by atoms with van der Waals surface area (Å²) < 4.78 is 3.29. The van der Waals surface area contributed by atoms with Crippen LogP contribution in [0.1, 0.15) is 43.9 Å². The van der Waals surface area contributed by atoms with E-state index in [2.05, 4.69) is 70.5 Å². The highest BCUT2D eigenvalue weighted by Gasteiger charge is 2.14. The van der Waals surface area contributed by atoms with Crippen molar-refractivity contribution in [3.8, 4) is 0 Å². The van der Waals surface area contributed by atoms with E-state index in [4.69, 9.17) is 0 Å². The van der Waals surface area contributed by atoms with Crippen LogP contribution in [0.2, 0.25) is 0 Å². The Morgan fingerprint density at radius 3 is 2.68 bits per heavy atom. The van der Waals surface area contributed by atoms with Crippen molar-refractivity contribution in [1.82, 2.24) is 9.47 Å². The van der Waals surface area contributed by atoms with Gasteiger partial charge in [-0.25, -0.2) is 0 Å². The average molecular weight is 403 g/mol. The second-order valence-electron chi connectivity index (χ2n) is 6.27. The van der Waals surface area contributed by atoms with Gasteiger partial charge in [-0.3, -0.25) is 4.79 Å². The lowest BCUT2D eigenvalue weighted by atomic mass is 10.2. The van der Waals surface area contributed by atoms with Crippen LogP contribution in [0.3, 0.4) is 0 Å². The van der Waals surface area contributed by atoms with Gasteiger partial charge in [0.1, 0.15) is 0 Å². The molecule has 0 saturated heterocycles. The molecule has 134 valence electrons. The molecule has 0 aliphatic rings. The minimum atomic E-state index is 0.213. The van der Waals surface area contributed by atoms with Crippen LogP contribution in [0.4, 0.5) is 0 Å². The number of unbranched alkanes of at least 4 members (excludes halogenated alkanes) is 2. The minimum absolute atomic E-state index is 0.213. The first-order valence-electron chi connectivity index (χ1n) is 8.91. The van der Waals surface area contributed by atoms with Gasteiger partial charge in [-0.2, -0.15) is 0 Å². The number of carbonyl (C=O) groups excluding carboxylic acids is 1. The van der Waals surface area contributed by atoms with Gasteiger partial charge in [0.2, 0.25) is 5.91 Å². The lowest BCUT2D eigenvalue weighted by Gasteiger charge is -2.22. The van der Waals surface area contributed by atoms with Gasteiger partial charge in [-0.15, -0.1) is 6.58 Å². The average Bonchev–Trinajstić information content (AvgIpc) is 3.03. The Morgan fingerprint density at radius 2 is 2.00 bits per heavy atom. The zero-order chi connectivity index (χ0) is 18.1. The van der Waals surface area contributed by atoms with E-state index in [1.807, 2.05) is 11.0 Å². The molecule has 2 aromatic rings. The minimum Gasteiger partial charge on any atom is -0.345 e. The van der Waals surface area contributed by atoms with E-state index in [-0.39, 0.29) is 5.91 Å². The molecule has 0 aliphatic carbocycles. The molecule has 0 unspecified atom stereocenters. The summed E-state index contributed by atoms with van der Waals surface area (Å²) in [4.78, 5) is 14.4. The Bertz CT molecular complexity index is 675. The van der Waals surface area contributed by atoms with E-state index in [0.29, 0.717) is 19.5 Å². The van der Waals surface area contributed by atoms with Gasteiger partial charge in [-0.1, -0.05) is 53.9 Å². The molecule has 1 aromatic carbocycles. The van der Waals surface area contributed by atoms with Crippen molar-refractivity contribution >= 4 is 21.8 Å². The van der Waals surface area contributed by atoms with Gasteiger partial charge in [0, 0.05) is 35.9 Å². The molecule has 4 heteroatoms. The molecule has 0 fully saturated rings. The van der Waals surface area contributed by atoms with Gasteiger partial charge in [0.15, 0.2) is 0 Å². The molecular weight excluding hydrogens is 376 g/mol. The largest absolute Gasteiger partial charge is 0.345 e. The van der Waals surface area contributed by atoms with Gasteiger partial charge < -0.3 is 9.47 Å². The fraction of sp³-hybridized carbons (Fsp3) is 0.381. The predicted molar refractivity (Wildman–Crippen MR) is 107 cm³/mol. The van der Waals surface area contributed by atoms with Crippen LogP contribution in [0.25, 0.3) is 0 Å². The summed E-state index contributed by atoms with van der Waals surface area (Å²) in [5.74, 6) is 0.213. The SMILES string of the molecule is C=CCN(Cc1cccn1Cc1ccc(Br)cc1)C(=O)CCCCC. The molecular formula is C21H27BrN2O.